The van der Waals surface area contributed by atoms with Gasteiger partial charge in [-0.3, -0.25) is 14.9 Å². The predicted octanol–water partition coefficient (Wildman–Crippen LogP) is 1.67. The van der Waals surface area contributed by atoms with E-state index in [1.807, 2.05) is 0 Å². The Morgan fingerprint density at radius 1 is 1.18 bits per heavy atom. The molecule has 0 aromatic carbocycles. The van der Waals surface area contributed by atoms with Gasteiger partial charge >= 0.3 is 5.69 Å². The summed E-state index contributed by atoms with van der Waals surface area (Å²) in [5.41, 5.74) is 6.54. The van der Waals surface area contributed by atoms with E-state index < -0.39 is 14.9 Å². The van der Waals surface area contributed by atoms with E-state index in [9.17, 15) is 23.3 Å². The lowest BCUT2D eigenvalue weighted by molar-refractivity contribution is -0.383. The smallest absolute Gasteiger partial charge is 0.319 e. The summed E-state index contributed by atoms with van der Waals surface area (Å²) in [6.07, 6.45) is 7.96. The van der Waals surface area contributed by atoms with Crippen molar-refractivity contribution < 1.29 is 18.1 Å². The highest BCUT2D eigenvalue weighted by Crippen LogP contribution is 2.33. The van der Waals surface area contributed by atoms with Gasteiger partial charge in [0.1, 0.15) is 0 Å². The molecule has 2 N–H and O–H groups in total. The summed E-state index contributed by atoms with van der Waals surface area (Å²) in [4.78, 5) is 31.7. The van der Waals surface area contributed by atoms with Gasteiger partial charge in [0.05, 0.1) is 22.9 Å². The summed E-state index contributed by atoms with van der Waals surface area (Å²) >= 11 is 0. The number of carbonyl (C=O) groups is 1. The first-order valence-electron chi connectivity index (χ1n) is 10.0. The minimum Gasteiger partial charge on any atom is -0.378 e. The van der Waals surface area contributed by atoms with Crippen LogP contribution in [0.15, 0.2) is 43.0 Å². The highest BCUT2D eigenvalue weighted by molar-refractivity contribution is 7.88. The zero-order chi connectivity index (χ0) is 23.8. The highest BCUT2D eigenvalue weighted by Gasteiger charge is 2.29. The molecule has 172 valence electrons. The molecule has 0 spiro atoms. The van der Waals surface area contributed by atoms with Crippen molar-refractivity contribution in [3.05, 3.63) is 58.7 Å². The minimum atomic E-state index is -3.25. The number of sulfonamides is 1. The normalized spacial score (nSPS) is 15.4. The zero-order valence-corrected chi connectivity index (χ0v) is 18.5. The molecule has 1 aliphatic heterocycles. The Morgan fingerprint density at radius 3 is 2.52 bits per heavy atom. The van der Waals surface area contributed by atoms with Crippen LogP contribution in [0.4, 0.5) is 11.5 Å². The van der Waals surface area contributed by atoms with Gasteiger partial charge in [0.15, 0.2) is 11.6 Å². The number of piperidine rings is 1. The van der Waals surface area contributed by atoms with Crippen LogP contribution in [-0.4, -0.2) is 62.5 Å². The van der Waals surface area contributed by atoms with Crippen molar-refractivity contribution >= 4 is 27.3 Å². The third kappa shape index (κ3) is 4.59. The maximum Gasteiger partial charge on any atom is 0.319 e. The number of ketones is 1. The Bertz CT molecular complexity index is 1310. The van der Waals surface area contributed by atoms with Crippen LogP contribution in [0.5, 0.6) is 0 Å². The summed E-state index contributed by atoms with van der Waals surface area (Å²) in [7, 11) is -3.25. The second-order valence-electron chi connectivity index (χ2n) is 7.73. The topological polar surface area (TPSA) is 167 Å². The Hall–Kier alpha value is -3.71. The Balaban J connectivity index is 1.50. The molecule has 1 fully saturated rings. The summed E-state index contributed by atoms with van der Waals surface area (Å²) in [6.45, 7) is 0.644. The van der Waals surface area contributed by atoms with Gasteiger partial charge in [-0.15, -0.1) is 0 Å². The zero-order valence-electron chi connectivity index (χ0n) is 17.7. The number of nitrogen functional groups attached to an aromatic ring is 1. The second-order valence-corrected chi connectivity index (χ2v) is 9.71. The molecule has 0 atom stereocenters. The number of nitro groups is 1. The molecule has 0 bridgehead atoms. The Morgan fingerprint density at radius 2 is 1.91 bits per heavy atom. The largest absolute Gasteiger partial charge is 0.378 e. The molecule has 4 rings (SSSR count). The molecule has 0 unspecified atom stereocenters. The third-order valence-corrected chi connectivity index (χ3v) is 6.89. The maximum absolute atomic E-state index is 12.8. The standard InChI is InChI=1S/C20H21N7O5S/c1-33(31,32)25-8-5-13(6-9-25)19(28)14-2-3-17(23-10-14)26-12-15(11-24-26)16-4-7-22-20(21)18(16)27(29)30/h2-4,7,10-13H,5-6,8-9H2,1H3,(H2,21,22). The molecular formula is C20H21N7O5S. The van der Waals surface area contributed by atoms with Crippen LogP contribution in [0.2, 0.25) is 0 Å². The van der Waals surface area contributed by atoms with Gasteiger partial charge < -0.3 is 5.73 Å². The van der Waals surface area contributed by atoms with Crippen molar-refractivity contribution in [2.24, 2.45) is 5.92 Å². The van der Waals surface area contributed by atoms with Crippen LogP contribution in [0, 0.1) is 16.0 Å². The van der Waals surface area contributed by atoms with Crippen LogP contribution in [0.1, 0.15) is 23.2 Å². The van der Waals surface area contributed by atoms with Crippen molar-refractivity contribution in [3.63, 3.8) is 0 Å². The number of pyridine rings is 2. The Labute approximate surface area is 189 Å². The van der Waals surface area contributed by atoms with Crippen molar-refractivity contribution in [1.82, 2.24) is 24.1 Å². The van der Waals surface area contributed by atoms with E-state index in [2.05, 4.69) is 15.1 Å². The minimum absolute atomic E-state index is 0.0776. The van der Waals surface area contributed by atoms with E-state index in [1.54, 1.807) is 18.3 Å². The van der Waals surface area contributed by atoms with Crippen LogP contribution in [0.3, 0.4) is 0 Å². The number of nitrogens with two attached hydrogens (primary N) is 1. The van der Waals surface area contributed by atoms with Gasteiger partial charge in [-0.25, -0.2) is 27.4 Å². The Kier molecular flexibility index (Phi) is 5.91. The van der Waals surface area contributed by atoms with Crippen LogP contribution in [-0.2, 0) is 10.0 Å². The van der Waals surface area contributed by atoms with Crippen molar-refractivity contribution in [3.8, 4) is 16.9 Å². The maximum atomic E-state index is 12.8. The number of hydrogen-bond acceptors (Lipinski definition) is 9. The van der Waals surface area contributed by atoms with E-state index in [1.165, 1.54) is 39.9 Å². The van der Waals surface area contributed by atoms with Gasteiger partial charge in [0, 0.05) is 48.7 Å². The molecule has 1 saturated heterocycles. The molecule has 3 aromatic heterocycles. The summed E-state index contributed by atoms with van der Waals surface area (Å²) in [5.74, 6) is -0.0983. The number of rotatable bonds is 6. The van der Waals surface area contributed by atoms with Crippen LogP contribution >= 0.6 is 0 Å². The van der Waals surface area contributed by atoms with E-state index in [0.29, 0.717) is 42.9 Å². The van der Waals surface area contributed by atoms with E-state index >= 15 is 0 Å². The second kappa shape index (κ2) is 8.67. The fraction of sp³-hybridized carbons (Fsp3) is 0.300. The quantitative estimate of drug-likeness (QED) is 0.319. The van der Waals surface area contributed by atoms with Gasteiger partial charge in [-0.05, 0) is 31.0 Å². The molecule has 0 radical (unpaired) electrons. The third-order valence-electron chi connectivity index (χ3n) is 5.59. The summed E-state index contributed by atoms with van der Waals surface area (Å²) in [6, 6.07) is 4.76. The van der Waals surface area contributed by atoms with E-state index in [0.717, 1.165) is 0 Å². The van der Waals surface area contributed by atoms with Gasteiger partial charge in [0.25, 0.3) is 0 Å². The van der Waals surface area contributed by atoms with Gasteiger partial charge in [0.2, 0.25) is 15.8 Å². The van der Waals surface area contributed by atoms with Crippen molar-refractivity contribution in [2.75, 3.05) is 25.1 Å². The predicted molar refractivity (Wildman–Crippen MR) is 119 cm³/mol. The van der Waals surface area contributed by atoms with E-state index in [-0.39, 0.29) is 28.8 Å². The molecule has 0 amide bonds. The monoisotopic (exact) mass is 471 g/mol. The number of anilines is 1. The molecular weight excluding hydrogens is 450 g/mol. The van der Waals surface area contributed by atoms with Crippen molar-refractivity contribution in [1.29, 1.82) is 0 Å². The summed E-state index contributed by atoms with van der Waals surface area (Å²) < 4.78 is 26.1. The fourth-order valence-electron chi connectivity index (χ4n) is 3.83. The summed E-state index contributed by atoms with van der Waals surface area (Å²) in [5, 5.41) is 15.6. The number of hydrogen-bond donors (Lipinski definition) is 1. The van der Waals surface area contributed by atoms with Gasteiger partial charge in [-0.2, -0.15) is 5.10 Å². The lowest BCUT2D eigenvalue weighted by Crippen LogP contribution is -2.39. The molecule has 12 nitrogen and oxygen atoms in total. The average Bonchev–Trinajstić information content (AvgIpc) is 3.28. The molecule has 13 heteroatoms. The number of Topliss-reactive ketones (excluding diaryl/α,β-unsaturated/α-hetero) is 1. The lowest BCUT2D eigenvalue weighted by Gasteiger charge is -2.29. The van der Waals surface area contributed by atoms with Gasteiger partial charge in [-0.1, -0.05) is 0 Å². The molecule has 0 aliphatic carbocycles. The molecule has 1 aliphatic rings. The SMILES string of the molecule is CS(=O)(=O)N1CCC(C(=O)c2ccc(-n3cc(-c4ccnc(N)c4[N+](=O)[O-])cn3)nc2)CC1. The number of nitrogens with zero attached hydrogens (tertiary/aromatic N) is 6. The molecule has 33 heavy (non-hydrogen) atoms. The van der Waals surface area contributed by atoms with Crippen LogP contribution in [0.25, 0.3) is 16.9 Å². The molecule has 3 aromatic rings. The number of aromatic nitrogens is 4. The van der Waals surface area contributed by atoms with E-state index in [4.69, 9.17) is 5.73 Å². The molecule has 0 saturated carbocycles. The lowest BCUT2D eigenvalue weighted by atomic mass is 9.90. The highest BCUT2D eigenvalue weighted by atomic mass is 32.2. The first-order valence-corrected chi connectivity index (χ1v) is 11.9. The van der Waals surface area contributed by atoms with Crippen LogP contribution < -0.4 is 5.73 Å². The molecule has 4 heterocycles. The van der Waals surface area contributed by atoms with Crippen molar-refractivity contribution in [2.45, 2.75) is 12.8 Å². The number of carbonyl (C=O) groups excluding carboxylic acids is 1. The first-order chi connectivity index (χ1) is 15.6. The fourth-order valence-corrected chi connectivity index (χ4v) is 4.71. The average molecular weight is 471 g/mol. The first kappa shape index (κ1) is 22.5.